The standard InChI is InChI=1S/C26H25N3O5S/c30-25-18-34-24-16-21(10-13-23(24)29(25)17-19-6-2-1-3-7-19)27-26(31)20-8-11-22(12-9-20)35(32,33)28-14-4-5-15-28/h1-3,6-13,16H,4-5,14-15,17-18H2,(H,27,31). The topological polar surface area (TPSA) is 96.0 Å². The van der Waals surface area contributed by atoms with Crippen LogP contribution in [0.25, 0.3) is 0 Å². The molecule has 2 aliphatic rings. The van der Waals surface area contributed by atoms with Gasteiger partial charge < -0.3 is 15.0 Å². The Morgan fingerprint density at radius 1 is 0.943 bits per heavy atom. The highest BCUT2D eigenvalue weighted by atomic mass is 32.2. The molecule has 0 radical (unpaired) electrons. The summed E-state index contributed by atoms with van der Waals surface area (Å²) in [5.74, 6) is -0.00408. The van der Waals surface area contributed by atoms with Gasteiger partial charge in [0.25, 0.3) is 11.8 Å². The number of hydrogen-bond donors (Lipinski definition) is 1. The maximum Gasteiger partial charge on any atom is 0.265 e. The summed E-state index contributed by atoms with van der Waals surface area (Å²) >= 11 is 0. The van der Waals surface area contributed by atoms with E-state index in [-0.39, 0.29) is 23.3 Å². The van der Waals surface area contributed by atoms with E-state index in [1.54, 1.807) is 23.1 Å². The highest BCUT2D eigenvalue weighted by Gasteiger charge is 2.28. The van der Waals surface area contributed by atoms with Crippen molar-refractivity contribution in [1.29, 1.82) is 0 Å². The zero-order valence-corrected chi connectivity index (χ0v) is 19.8. The van der Waals surface area contributed by atoms with Crippen LogP contribution < -0.4 is 15.0 Å². The van der Waals surface area contributed by atoms with Crippen LogP contribution >= 0.6 is 0 Å². The second kappa shape index (κ2) is 9.52. The smallest absolute Gasteiger partial charge is 0.265 e. The Bertz CT molecular complexity index is 1350. The van der Waals surface area contributed by atoms with E-state index in [4.69, 9.17) is 4.74 Å². The Balaban J connectivity index is 1.30. The number of benzene rings is 3. The Morgan fingerprint density at radius 2 is 1.66 bits per heavy atom. The average molecular weight is 492 g/mol. The Labute approximate surface area is 204 Å². The third kappa shape index (κ3) is 4.78. The number of amides is 2. The van der Waals surface area contributed by atoms with E-state index >= 15 is 0 Å². The third-order valence-electron chi connectivity index (χ3n) is 6.16. The van der Waals surface area contributed by atoms with Crippen LogP contribution in [0.3, 0.4) is 0 Å². The van der Waals surface area contributed by atoms with Crippen molar-refractivity contribution < 1.29 is 22.7 Å². The van der Waals surface area contributed by atoms with Crippen molar-refractivity contribution in [3.8, 4) is 5.75 Å². The highest BCUT2D eigenvalue weighted by molar-refractivity contribution is 7.89. The molecule has 3 aromatic carbocycles. The molecule has 2 aliphatic heterocycles. The molecule has 1 fully saturated rings. The first-order valence-corrected chi connectivity index (χ1v) is 12.9. The Kier molecular flexibility index (Phi) is 6.27. The third-order valence-corrected chi connectivity index (χ3v) is 8.08. The van der Waals surface area contributed by atoms with E-state index in [1.165, 1.54) is 28.6 Å². The quantitative estimate of drug-likeness (QED) is 0.568. The first-order chi connectivity index (χ1) is 16.9. The molecule has 0 bridgehead atoms. The zero-order valence-electron chi connectivity index (χ0n) is 19.0. The van der Waals surface area contributed by atoms with Crippen LogP contribution in [0.4, 0.5) is 11.4 Å². The normalized spacial score (nSPS) is 16.0. The molecule has 2 heterocycles. The van der Waals surface area contributed by atoms with Gasteiger partial charge in [-0.3, -0.25) is 9.59 Å². The molecule has 2 amide bonds. The number of nitrogens with one attached hydrogen (secondary N) is 1. The van der Waals surface area contributed by atoms with Crippen molar-refractivity contribution in [2.24, 2.45) is 0 Å². The summed E-state index contributed by atoms with van der Waals surface area (Å²) in [6.45, 7) is 1.40. The minimum absolute atomic E-state index is 0.0792. The highest BCUT2D eigenvalue weighted by Crippen LogP contribution is 2.35. The summed E-state index contributed by atoms with van der Waals surface area (Å²) in [5, 5.41) is 2.82. The number of ether oxygens (including phenoxy) is 1. The van der Waals surface area contributed by atoms with E-state index in [2.05, 4.69) is 5.32 Å². The van der Waals surface area contributed by atoms with Crippen molar-refractivity contribution in [1.82, 2.24) is 4.31 Å². The molecule has 35 heavy (non-hydrogen) atoms. The molecule has 1 N–H and O–H groups in total. The van der Waals surface area contributed by atoms with Crippen molar-refractivity contribution in [2.45, 2.75) is 24.3 Å². The monoisotopic (exact) mass is 491 g/mol. The molecule has 3 aromatic rings. The maximum absolute atomic E-state index is 12.8. The zero-order chi connectivity index (χ0) is 24.4. The largest absolute Gasteiger partial charge is 0.481 e. The molecular weight excluding hydrogens is 466 g/mol. The number of fused-ring (bicyclic) bond motifs is 1. The lowest BCUT2D eigenvalue weighted by Gasteiger charge is -2.29. The predicted molar refractivity (Wildman–Crippen MR) is 132 cm³/mol. The van der Waals surface area contributed by atoms with E-state index in [0.29, 0.717) is 42.3 Å². The summed E-state index contributed by atoms with van der Waals surface area (Å²) in [4.78, 5) is 27.1. The summed E-state index contributed by atoms with van der Waals surface area (Å²) in [6.07, 6.45) is 1.73. The van der Waals surface area contributed by atoms with Gasteiger partial charge in [0.15, 0.2) is 6.61 Å². The van der Waals surface area contributed by atoms with Gasteiger partial charge in [-0.1, -0.05) is 30.3 Å². The fourth-order valence-electron chi connectivity index (χ4n) is 4.28. The van der Waals surface area contributed by atoms with Crippen LogP contribution in [-0.2, 0) is 21.4 Å². The second-order valence-electron chi connectivity index (χ2n) is 8.53. The van der Waals surface area contributed by atoms with Crippen LogP contribution in [-0.4, -0.2) is 44.2 Å². The van der Waals surface area contributed by atoms with Crippen molar-refractivity contribution in [3.63, 3.8) is 0 Å². The number of rotatable bonds is 6. The molecule has 1 saturated heterocycles. The summed E-state index contributed by atoms with van der Waals surface area (Å²) in [7, 11) is -3.53. The lowest BCUT2D eigenvalue weighted by Crippen LogP contribution is -2.38. The number of carbonyl (C=O) groups excluding carboxylic acids is 2. The van der Waals surface area contributed by atoms with Crippen molar-refractivity contribution in [3.05, 3.63) is 83.9 Å². The number of anilines is 2. The van der Waals surface area contributed by atoms with E-state index in [1.807, 2.05) is 30.3 Å². The summed E-state index contributed by atoms with van der Waals surface area (Å²) in [6, 6.07) is 20.8. The van der Waals surface area contributed by atoms with Gasteiger partial charge in [0.1, 0.15) is 5.75 Å². The SMILES string of the molecule is O=C(Nc1ccc2c(c1)OCC(=O)N2Cc1ccccc1)c1ccc(S(=O)(=O)N2CCCC2)cc1. The minimum Gasteiger partial charge on any atom is -0.481 e. The Hall–Kier alpha value is -3.69. The Morgan fingerprint density at radius 3 is 2.37 bits per heavy atom. The van der Waals surface area contributed by atoms with E-state index in [0.717, 1.165) is 18.4 Å². The minimum atomic E-state index is -3.53. The fourth-order valence-corrected chi connectivity index (χ4v) is 5.80. The molecule has 0 aliphatic carbocycles. The van der Waals surface area contributed by atoms with Crippen LogP contribution in [0.2, 0.25) is 0 Å². The molecule has 8 nitrogen and oxygen atoms in total. The summed E-state index contributed by atoms with van der Waals surface area (Å²) < 4.78 is 32.5. The molecule has 9 heteroatoms. The van der Waals surface area contributed by atoms with Crippen LogP contribution in [0.15, 0.2) is 77.7 Å². The maximum atomic E-state index is 12.8. The number of sulfonamides is 1. The van der Waals surface area contributed by atoms with Crippen LogP contribution in [0.5, 0.6) is 5.75 Å². The average Bonchev–Trinajstić information content (AvgIpc) is 3.43. The van der Waals surface area contributed by atoms with Gasteiger partial charge in [-0.05, 0) is 54.8 Å². The molecule has 0 unspecified atom stereocenters. The predicted octanol–water partition coefficient (Wildman–Crippen LogP) is 3.65. The first kappa shape index (κ1) is 23.1. The van der Waals surface area contributed by atoms with Crippen LogP contribution in [0.1, 0.15) is 28.8 Å². The van der Waals surface area contributed by atoms with Gasteiger partial charge in [0, 0.05) is 30.4 Å². The molecule has 0 spiro atoms. The second-order valence-corrected chi connectivity index (χ2v) is 10.5. The molecule has 0 saturated carbocycles. The van der Waals surface area contributed by atoms with Crippen LogP contribution in [0, 0.1) is 0 Å². The van der Waals surface area contributed by atoms with Gasteiger partial charge >= 0.3 is 0 Å². The molecule has 0 atom stereocenters. The molecular formula is C26H25N3O5S. The van der Waals surface area contributed by atoms with Gasteiger partial charge in [-0.15, -0.1) is 0 Å². The number of hydrogen-bond acceptors (Lipinski definition) is 5. The van der Waals surface area contributed by atoms with E-state index < -0.39 is 10.0 Å². The fraction of sp³-hybridized carbons (Fsp3) is 0.231. The van der Waals surface area contributed by atoms with Gasteiger partial charge in [0.05, 0.1) is 17.1 Å². The molecule has 180 valence electrons. The lowest BCUT2D eigenvalue weighted by atomic mass is 10.1. The van der Waals surface area contributed by atoms with Crippen molar-refractivity contribution in [2.75, 3.05) is 29.9 Å². The van der Waals surface area contributed by atoms with Gasteiger partial charge in [0.2, 0.25) is 10.0 Å². The summed E-state index contributed by atoms with van der Waals surface area (Å²) in [5.41, 5.74) is 2.49. The van der Waals surface area contributed by atoms with E-state index in [9.17, 15) is 18.0 Å². The molecule has 0 aromatic heterocycles. The van der Waals surface area contributed by atoms with Crippen molar-refractivity contribution >= 4 is 33.2 Å². The lowest BCUT2D eigenvalue weighted by molar-refractivity contribution is -0.121. The van der Waals surface area contributed by atoms with Gasteiger partial charge in [-0.2, -0.15) is 4.31 Å². The number of nitrogens with zero attached hydrogens (tertiary/aromatic N) is 2. The number of carbonyl (C=O) groups is 2. The molecule has 5 rings (SSSR count). The van der Waals surface area contributed by atoms with Gasteiger partial charge in [-0.25, -0.2) is 8.42 Å². The first-order valence-electron chi connectivity index (χ1n) is 11.4.